The van der Waals surface area contributed by atoms with E-state index in [-0.39, 0.29) is 17.6 Å². The van der Waals surface area contributed by atoms with Gasteiger partial charge in [0.25, 0.3) is 5.88 Å². The van der Waals surface area contributed by atoms with E-state index >= 15 is 0 Å². The van der Waals surface area contributed by atoms with Crippen molar-refractivity contribution in [2.75, 3.05) is 29.9 Å². The maximum Gasteiger partial charge on any atom is 0.456 e. The minimum Gasteiger partial charge on any atom is -0.468 e. The van der Waals surface area contributed by atoms with Gasteiger partial charge in [-0.2, -0.15) is 31.3 Å². The highest BCUT2D eigenvalue weighted by Crippen LogP contribution is 2.41. The Labute approximate surface area is 188 Å². The van der Waals surface area contributed by atoms with E-state index in [1.165, 1.54) is 28.4 Å². The molecule has 3 atom stereocenters. The molecule has 2 fully saturated rings. The van der Waals surface area contributed by atoms with Crippen molar-refractivity contribution < 1.29 is 26.7 Å². The maximum absolute atomic E-state index is 13.2. The van der Waals surface area contributed by atoms with Crippen LogP contribution in [0.1, 0.15) is 18.5 Å². The van der Waals surface area contributed by atoms with Gasteiger partial charge in [0.2, 0.25) is 11.6 Å². The number of anilines is 2. The Hall–Kier alpha value is -2.77. The Morgan fingerprint density at radius 2 is 1.91 bits per heavy atom. The highest BCUT2D eigenvalue weighted by atomic mass is 32.1. The number of nitrogens with zero attached hydrogens (tertiary/aromatic N) is 6. The summed E-state index contributed by atoms with van der Waals surface area (Å²) in [6.07, 6.45) is -0.999. The second kappa shape index (κ2) is 7.92. The Bertz CT molecular complexity index is 1140. The van der Waals surface area contributed by atoms with E-state index < -0.39 is 24.6 Å². The lowest BCUT2D eigenvalue weighted by Gasteiger charge is -2.38. The van der Waals surface area contributed by atoms with Crippen LogP contribution < -0.4 is 15.0 Å². The van der Waals surface area contributed by atoms with Gasteiger partial charge in [-0.1, -0.05) is 0 Å². The number of aryl methyl sites for hydroxylation is 1. The van der Waals surface area contributed by atoms with Crippen LogP contribution in [0.15, 0.2) is 18.5 Å². The Morgan fingerprint density at radius 3 is 2.55 bits per heavy atom. The smallest absolute Gasteiger partial charge is 0.456 e. The molecule has 14 heteroatoms. The van der Waals surface area contributed by atoms with Crippen molar-refractivity contribution in [3.63, 3.8) is 0 Å². The molecule has 0 amide bonds. The van der Waals surface area contributed by atoms with Gasteiger partial charge in [-0.3, -0.25) is 0 Å². The van der Waals surface area contributed by atoms with Crippen molar-refractivity contribution in [2.45, 2.75) is 37.9 Å². The lowest BCUT2D eigenvalue weighted by Crippen LogP contribution is -2.48. The highest BCUT2D eigenvalue weighted by molar-refractivity contribution is 7.10. The van der Waals surface area contributed by atoms with E-state index in [4.69, 9.17) is 0 Å². The normalized spacial score (nSPS) is 23.3. The van der Waals surface area contributed by atoms with Crippen LogP contribution >= 0.6 is 11.5 Å². The fourth-order valence-electron chi connectivity index (χ4n) is 4.49. The van der Waals surface area contributed by atoms with Gasteiger partial charge < -0.3 is 15.0 Å². The van der Waals surface area contributed by atoms with Crippen LogP contribution in [0.3, 0.4) is 0 Å². The predicted octanol–water partition coefficient (Wildman–Crippen LogP) is 3.79. The molecule has 3 aromatic rings. The molecule has 1 saturated carbocycles. The zero-order valence-corrected chi connectivity index (χ0v) is 18.2. The molecule has 2 bridgehead atoms. The van der Waals surface area contributed by atoms with Crippen LogP contribution in [-0.4, -0.2) is 61.8 Å². The molecule has 0 aromatic carbocycles. The molecule has 33 heavy (non-hydrogen) atoms. The van der Waals surface area contributed by atoms with Crippen LogP contribution in [0.25, 0.3) is 5.65 Å². The van der Waals surface area contributed by atoms with E-state index in [1.54, 1.807) is 0 Å². The average Bonchev–Trinajstić information content (AvgIpc) is 3.41. The number of halogens is 5. The molecule has 3 aromatic heterocycles. The summed E-state index contributed by atoms with van der Waals surface area (Å²) in [5.41, 5.74) is 0.957. The fourth-order valence-corrected chi connectivity index (χ4v) is 5.26. The molecule has 2 aliphatic rings. The minimum absolute atomic E-state index is 0.0390. The molecular formula is C19H20F5N7OS. The van der Waals surface area contributed by atoms with Gasteiger partial charge >= 0.3 is 12.1 Å². The van der Waals surface area contributed by atoms with Gasteiger partial charge in [0.05, 0.1) is 5.69 Å². The summed E-state index contributed by atoms with van der Waals surface area (Å²) in [6, 6.07) is 2.21. The summed E-state index contributed by atoms with van der Waals surface area (Å²) in [5, 5.41) is 8.77. The topological polar surface area (TPSA) is 80.5 Å². The van der Waals surface area contributed by atoms with Crippen molar-refractivity contribution in [3.8, 4) is 5.88 Å². The van der Waals surface area contributed by atoms with Gasteiger partial charge in [-0.05, 0) is 49.2 Å². The van der Waals surface area contributed by atoms with Crippen molar-refractivity contribution in [2.24, 2.45) is 11.8 Å². The van der Waals surface area contributed by atoms with E-state index in [1.807, 2.05) is 6.92 Å². The summed E-state index contributed by atoms with van der Waals surface area (Å²) >= 11 is 1.49. The van der Waals surface area contributed by atoms with Crippen LogP contribution in [0.4, 0.5) is 32.9 Å². The summed E-state index contributed by atoms with van der Waals surface area (Å²) in [6.45, 7) is 1.81. The number of rotatable bonds is 6. The van der Waals surface area contributed by atoms with Gasteiger partial charge in [0, 0.05) is 31.5 Å². The summed E-state index contributed by atoms with van der Waals surface area (Å²) in [5.74, 6) is -4.49. The minimum atomic E-state index is -5.72. The first-order valence-corrected chi connectivity index (χ1v) is 11.1. The summed E-state index contributed by atoms with van der Waals surface area (Å²) in [4.78, 5) is 10.4. The lowest BCUT2D eigenvalue weighted by molar-refractivity contribution is -0.290. The predicted molar refractivity (Wildman–Crippen MR) is 110 cm³/mol. The van der Waals surface area contributed by atoms with Crippen molar-refractivity contribution in [1.82, 2.24) is 24.0 Å². The molecule has 1 aliphatic carbocycles. The molecule has 0 spiro atoms. The number of aromatic nitrogens is 5. The van der Waals surface area contributed by atoms with Crippen molar-refractivity contribution >= 4 is 28.1 Å². The zero-order chi connectivity index (χ0) is 23.4. The number of piperidine rings is 1. The molecule has 1 saturated heterocycles. The number of fused-ring (bicyclic) bond motifs is 3. The molecule has 1 aliphatic heterocycles. The van der Waals surface area contributed by atoms with E-state index in [2.05, 4.69) is 40.5 Å². The Morgan fingerprint density at radius 1 is 1.18 bits per heavy atom. The zero-order valence-electron chi connectivity index (χ0n) is 17.4. The number of hydrogen-bond donors (Lipinski definition) is 1. The number of hydrogen-bond acceptors (Lipinski definition) is 8. The van der Waals surface area contributed by atoms with Gasteiger partial charge in [-0.15, -0.1) is 5.10 Å². The first-order valence-electron chi connectivity index (χ1n) is 10.3. The average molecular weight is 489 g/mol. The Balaban J connectivity index is 1.30. The highest BCUT2D eigenvalue weighted by Gasteiger charge is 2.58. The second-order valence-corrected chi connectivity index (χ2v) is 9.19. The largest absolute Gasteiger partial charge is 0.468 e. The molecule has 5 rings (SSSR count). The van der Waals surface area contributed by atoms with E-state index in [0.717, 1.165) is 36.6 Å². The van der Waals surface area contributed by atoms with Crippen LogP contribution in [0.5, 0.6) is 5.88 Å². The molecule has 4 heterocycles. The van der Waals surface area contributed by atoms with E-state index in [9.17, 15) is 22.0 Å². The first-order chi connectivity index (χ1) is 15.6. The third-order valence-electron chi connectivity index (χ3n) is 6.08. The van der Waals surface area contributed by atoms with Gasteiger partial charge in [0.1, 0.15) is 5.00 Å². The maximum atomic E-state index is 13.2. The number of ether oxygens (including phenoxy) is 1. The second-order valence-electron chi connectivity index (χ2n) is 8.41. The van der Waals surface area contributed by atoms with E-state index in [0.29, 0.717) is 11.8 Å². The number of alkyl halides is 5. The third kappa shape index (κ3) is 4.15. The molecule has 1 N–H and O–H groups in total. The quantitative estimate of drug-likeness (QED) is 0.528. The number of nitrogens with one attached hydrogen (secondary N) is 1. The fraction of sp³-hybridized carbons (Fsp3) is 0.579. The standard InChI is InChI=1S/C19H20F5N7OS/c1-10-6-13(33-29-10)30-7-11-2-3-12(8-30)14(11)26-17-27-15-16(25-4-5-31(15)28-17)32-9-18(20,21)19(22,23)24/h4-6,11-12,14H,2-3,7-9H2,1H3,(H,26,28)/t11-,12?,14?/m0/s1. The summed E-state index contributed by atoms with van der Waals surface area (Å²) < 4.78 is 74.1. The first kappa shape index (κ1) is 22.0. The third-order valence-corrected chi connectivity index (χ3v) is 7.03. The SMILES string of the molecule is Cc1cc(N2CC3CC[C@@H](C2)C3Nc2nc3c(OCC(F)(F)C(F)(F)F)nccn3n2)sn1. The molecule has 0 radical (unpaired) electrons. The van der Waals surface area contributed by atoms with Gasteiger partial charge in [0.15, 0.2) is 6.61 Å². The van der Waals surface area contributed by atoms with Gasteiger partial charge in [-0.25, -0.2) is 9.50 Å². The van der Waals surface area contributed by atoms with Crippen molar-refractivity contribution in [3.05, 3.63) is 24.2 Å². The van der Waals surface area contributed by atoms with Crippen LogP contribution in [0, 0.1) is 18.8 Å². The Kier molecular flexibility index (Phi) is 5.29. The van der Waals surface area contributed by atoms with Crippen LogP contribution in [-0.2, 0) is 0 Å². The monoisotopic (exact) mass is 489 g/mol. The molecule has 8 nitrogen and oxygen atoms in total. The van der Waals surface area contributed by atoms with Crippen LogP contribution in [0.2, 0.25) is 0 Å². The molecule has 178 valence electrons. The molecular weight excluding hydrogens is 469 g/mol. The lowest BCUT2D eigenvalue weighted by atomic mass is 9.92. The van der Waals surface area contributed by atoms with Crippen molar-refractivity contribution in [1.29, 1.82) is 0 Å². The summed E-state index contributed by atoms with van der Waals surface area (Å²) in [7, 11) is 0. The molecule has 2 unspecified atom stereocenters.